The molecule has 0 aromatic heterocycles. The lowest BCUT2D eigenvalue weighted by molar-refractivity contribution is 0.0635. The maximum atomic E-state index is 13.8. The lowest BCUT2D eigenvalue weighted by Crippen LogP contribution is -2.27. The molecule has 1 N–H and O–H groups in total. The summed E-state index contributed by atoms with van der Waals surface area (Å²) >= 11 is 3.05. The Labute approximate surface area is 113 Å². The minimum atomic E-state index is -0.794. The Morgan fingerprint density at radius 1 is 1.50 bits per heavy atom. The van der Waals surface area contributed by atoms with E-state index in [0.717, 1.165) is 0 Å². The number of carbonyl (C=O) groups excluding carboxylic acids is 1. The molecule has 18 heavy (non-hydrogen) atoms. The third-order valence-corrected chi connectivity index (χ3v) is 2.50. The number of halogens is 2. The van der Waals surface area contributed by atoms with Gasteiger partial charge in [-0.05, 0) is 48.8 Å². The van der Waals surface area contributed by atoms with Crippen LogP contribution in [0, 0.1) is 17.1 Å². The second-order valence-corrected chi connectivity index (χ2v) is 5.38. The third-order valence-electron chi connectivity index (χ3n) is 1.84. The standard InChI is InChI=1S/C12H12BrFN2O2/c1-12(2,3)18-11(17)16-9-5-4-8(13)7(6-15)10(9)14/h4-5H,1-3H3,(H,16,17). The Morgan fingerprint density at radius 2 is 2.11 bits per heavy atom. The molecule has 1 aromatic rings. The summed E-state index contributed by atoms with van der Waals surface area (Å²) in [6.45, 7) is 5.10. The molecule has 4 nitrogen and oxygen atoms in total. The molecular formula is C12H12BrFN2O2. The summed E-state index contributed by atoms with van der Waals surface area (Å²) < 4.78 is 19.1. The molecule has 0 bridgehead atoms. The highest BCUT2D eigenvalue weighted by Gasteiger charge is 2.19. The normalized spacial score (nSPS) is 10.7. The van der Waals surface area contributed by atoms with Gasteiger partial charge in [0, 0.05) is 4.47 Å². The fourth-order valence-corrected chi connectivity index (χ4v) is 1.56. The van der Waals surface area contributed by atoms with E-state index in [1.54, 1.807) is 26.8 Å². The van der Waals surface area contributed by atoms with Crippen LogP contribution in [-0.2, 0) is 4.74 Å². The predicted octanol–water partition coefficient (Wildman–Crippen LogP) is 3.81. The van der Waals surface area contributed by atoms with Gasteiger partial charge < -0.3 is 4.74 Å². The number of nitriles is 1. The number of amides is 1. The van der Waals surface area contributed by atoms with Crippen LogP contribution in [-0.4, -0.2) is 11.7 Å². The first-order valence-electron chi connectivity index (χ1n) is 5.12. The number of nitrogens with one attached hydrogen (secondary N) is 1. The molecule has 0 aliphatic heterocycles. The number of anilines is 1. The van der Waals surface area contributed by atoms with Crippen molar-refractivity contribution in [1.29, 1.82) is 5.26 Å². The number of rotatable bonds is 1. The molecule has 0 unspecified atom stereocenters. The lowest BCUT2D eigenvalue weighted by Gasteiger charge is -2.19. The largest absolute Gasteiger partial charge is 0.444 e. The monoisotopic (exact) mass is 314 g/mol. The number of carbonyl (C=O) groups is 1. The summed E-state index contributed by atoms with van der Waals surface area (Å²) in [7, 11) is 0. The van der Waals surface area contributed by atoms with Gasteiger partial charge in [0.25, 0.3) is 0 Å². The molecular weight excluding hydrogens is 303 g/mol. The van der Waals surface area contributed by atoms with Crippen LogP contribution >= 0.6 is 15.9 Å². The Hall–Kier alpha value is -1.61. The van der Waals surface area contributed by atoms with Gasteiger partial charge in [-0.1, -0.05) is 0 Å². The molecule has 0 fully saturated rings. The van der Waals surface area contributed by atoms with Gasteiger partial charge in [0.1, 0.15) is 17.2 Å². The van der Waals surface area contributed by atoms with E-state index in [-0.39, 0.29) is 11.3 Å². The average molecular weight is 315 g/mol. The van der Waals surface area contributed by atoms with E-state index in [9.17, 15) is 9.18 Å². The smallest absolute Gasteiger partial charge is 0.412 e. The van der Waals surface area contributed by atoms with Crippen molar-refractivity contribution in [3.8, 4) is 6.07 Å². The maximum absolute atomic E-state index is 13.8. The number of benzene rings is 1. The first-order valence-corrected chi connectivity index (χ1v) is 5.92. The molecule has 1 rings (SSSR count). The Balaban J connectivity index is 2.94. The van der Waals surface area contributed by atoms with E-state index >= 15 is 0 Å². The topological polar surface area (TPSA) is 62.1 Å². The van der Waals surface area contributed by atoms with Crippen molar-refractivity contribution >= 4 is 27.7 Å². The van der Waals surface area contributed by atoms with Gasteiger partial charge >= 0.3 is 6.09 Å². The van der Waals surface area contributed by atoms with Gasteiger partial charge in [-0.3, -0.25) is 5.32 Å². The summed E-state index contributed by atoms with van der Waals surface area (Å²) in [6.07, 6.45) is -0.771. The molecule has 0 spiro atoms. The second kappa shape index (κ2) is 5.36. The molecule has 0 heterocycles. The molecule has 0 saturated heterocycles. The van der Waals surface area contributed by atoms with Crippen molar-refractivity contribution in [2.75, 3.05) is 5.32 Å². The zero-order valence-electron chi connectivity index (χ0n) is 10.2. The Bertz CT molecular complexity index is 518. The quantitative estimate of drug-likeness (QED) is 0.857. The molecule has 6 heteroatoms. The van der Waals surface area contributed by atoms with Crippen LogP contribution in [0.2, 0.25) is 0 Å². The predicted molar refractivity (Wildman–Crippen MR) is 68.7 cm³/mol. The minimum absolute atomic E-state index is 0.0935. The molecule has 96 valence electrons. The SMILES string of the molecule is CC(C)(C)OC(=O)Nc1ccc(Br)c(C#N)c1F. The molecule has 0 saturated carbocycles. The first kappa shape index (κ1) is 14.5. The van der Waals surface area contributed by atoms with Crippen LogP contribution in [0.5, 0.6) is 0 Å². The van der Waals surface area contributed by atoms with E-state index in [2.05, 4.69) is 21.2 Å². The van der Waals surface area contributed by atoms with Gasteiger partial charge in [0.05, 0.1) is 5.69 Å². The van der Waals surface area contributed by atoms with Gasteiger partial charge in [-0.15, -0.1) is 0 Å². The number of hydrogen-bond acceptors (Lipinski definition) is 3. The van der Waals surface area contributed by atoms with Gasteiger partial charge in [-0.25, -0.2) is 9.18 Å². The number of ether oxygens (including phenoxy) is 1. The summed E-state index contributed by atoms with van der Waals surface area (Å²) in [4.78, 5) is 11.5. The first-order chi connectivity index (χ1) is 8.24. The van der Waals surface area contributed by atoms with Crippen LogP contribution in [0.1, 0.15) is 26.3 Å². The average Bonchev–Trinajstić information content (AvgIpc) is 2.20. The molecule has 1 amide bonds. The highest BCUT2D eigenvalue weighted by molar-refractivity contribution is 9.10. The van der Waals surface area contributed by atoms with Crippen LogP contribution in [0.3, 0.4) is 0 Å². The third kappa shape index (κ3) is 3.70. The summed E-state index contributed by atoms with van der Waals surface area (Å²) in [6, 6.07) is 4.54. The Kier molecular flexibility index (Phi) is 4.30. The highest BCUT2D eigenvalue weighted by Crippen LogP contribution is 2.25. The molecule has 0 radical (unpaired) electrons. The van der Waals surface area contributed by atoms with Crippen molar-refractivity contribution in [1.82, 2.24) is 0 Å². The van der Waals surface area contributed by atoms with Gasteiger partial charge in [-0.2, -0.15) is 5.26 Å². The van der Waals surface area contributed by atoms with E-state index in [1.807, 2.05) is 0 Å². The fourth-order valence-electron chi connectivity index (χ4n) is 1.17. The Morgan fingerprint density at radius 3 is 2.61 bits per heavy atom. The summed E-state index contributed by atoms with van der Waals surface area (Å²) in [5.74, 6) is -0.794. The molecule has 0 aliphatic carbocycles. The molecule has 1 aromatic carbocycles. The van der Waals surface area contributed by atoms with Crippen LogP contribution in [0.15, 0.2) is 16.6 Å². The van der Waals surface area contributed by atoms with E-state index < -0.39 is 17.5 Å². The van der Waals surface area contributed by atoms with Crippen LogP contribution < -0.4 is 5.32 Å². The van der Waals surface area contributed by atoms with E-state index in [1.165, 1.54) is 12.1 Å². The van der Waals surface area contributed by atoms with Crippen molar-refractivity contribution < 1.29 is 13.9 Å². The second-order valence-electron chi connectivity index (χ2n) is 4.52. The zero-order valence-corrected chi connectivity index (χ0v) is 11.8. The van der Waals surface area contributed by atoms with Crippen molar-refractivity contribution in [2.24, 2.45) is 0 Å². The lowest BCUT2D eigenvalue weighted by atomic mass is 10.2. The van der Waals surface area contributed by atoms with Crippen molar-refractivity contribution in [3.63, 3.8) is 0 Å². The summed E-state index contributed by atoms with van der Waals surface area (Å²) in [5, 5.41) is 11.0. The number of nitrogens with zero attached hydrogens (tertiary/aromatic N) is 1. The fraction of sp³-hybridized carbons (Fsp3) is 0.333. The molecule has 0 aliphatic rings. The van der Waals surface area contributed by atoms with Gasteiger partial charge in [0.2, 0.25) is 0 Å². The van der Waals surface area contributed by atoms with Crippen LogP contribution in [0.4, 0.5) is 14.9 Å². The maximum Gasteiger partial charge on any atom is 0.412 e. The van der Waals surface area contributed by atoms with Crippen molar-refractivity contribution in [2.45, 2.75) is 26.4 Å². The van der Waals surface area contributed by atoms with E-state index in [4.69, 9.17) is 10.00 Å². The number of hydrogen-bond donors (Lipinski definition) is 1. The molecule has 0 atom stereocenters. The van der Waals surface area contributed by atoms with Crippen molar-refractivity contribution in [3.05, 3.63) is 28.0 Å². The van der Waals surface area contributed by atoms with Crippen LogP contribution in [0.25, 0.3) is 0 Å². The minimum Gasteiger partial charge on any atom is -0.444 e. The van der Waals surface area contributed by atoms with Gasteiger partial charge in [0.15, 0.2) is 5.82 Å². The highest BCUT2D eigenvalue weighted by atomic mass is 79.9. The zero-order chi connectivity index (χ0) is 13.9. The summed E-state index contributed by atoms with van der Waals surface area (Å²) in [5.41, 5.74) is -0.930. The van der Waals surface area contributed by atoms with E-state index in [0.29, 0.717) is 4.47 Å².